The molecule has 1 aliphatic rings. The number of nitrogens with zero attached hydrogens (tertiary/aromatic N) is 1. The van der Waals surface area contributed by atoms with E-state index in [0.29, 0.717) is 0 Å². The minimum Gasteiger partial charge on any atom is -0.371 e. The van der Waals surface area contributed by atoms with Crippen LogP contribution >= 0.6 is 0 Å². The number of anilines is 1. The van der Waals surface area contributed by atoms with Gasteiger partial charge in [0.15, 0.2) is 0 Å². The number of hydrogen-bond donors (Lipinski definition) is 1. The van der Waals surface area contributed by atoms with Crippen molar-refractivity contribution < 1.29 is 0 Å². The van der Waals surface area contributed by atoms with Crippen molar-refractivity contribution in [2.24, 2.45) is 5.92 Å². The first-order valence-corrected chi connectivity index (χ1v) is 7.23. The molecule has 0 saturated carbocycles. The van der Waals surface area contributed by atoms with Crippen LogP contribution in [0.3, 0.4) is 0 Å². The number of rotatable bonds is 5. The fourth-order valence-electron chi connectivity index (χ4n) is 3.05. The summed E-state index contributed by atoms with van der Waals surface area (Å²) in [5.41, 5.74) is 4.23. The van der Waals surface area contributed by atoms with Gasteiger partial charge in [0.05, 0.1) is 0 Å². The minimum absolute atomic E-state index is 0.902. The predicted octanol–water partition coefficient (Wildman–Crippen LogP) is 3.34. The highest BCUT2D eigenvalue weighted by Gasteiger charge is 2.23. The van der Waals surface area contributed by atoms with E-state index in [1.54, 1.807) is 0 Å². The third-order valence-electron chi connectivity index (χ3n) is 3.93. The molecule has 1 heterocycles. The molecule has 0 aromatic heterocycles. The van der Waals surface area contributed by atoms with E-state index in [9.17, 15) is 0 Å². The van der Waals surface area contributed by atoms with E-state index in [4.69, 9.17) is 0 Å². The molecule has 1 atom stereocenters. The maximum absolute atomic E-state index is 3.28. The lowest BCUT2D eigenvalue weighted by Gasteiger charge is -2.22. The SMILES string of the molecule is CCCC1CCN(c2ccc(C)cc2CNC)C1. The lowest BCUT2D eigenvalue weighted by atomic mass is 10.0. The van der Waals surface area contributed by atoms with Crippen molar-refractivity contribution in [1.82, 2.24) is 5.32 Å². The molecule has 2 nitrogen and oxygen atoms in total. The molecule has 1 saturated heterocycles. The lowest BCUT2D eigenvalue weighted by Crippen LogP contribution is -2.22. The molecule has 18 heavy (non-hydrogen) atoms. The van der Waals surface area contributed by atoms with Crippen molar-refractivity contribution in [3.8, 4) is 0 Å². The average Bonchev–Trinajstić information content (AvgIpc) is 2.79. The van der Waals surface area contributed by atoms with Gasteiger partial charge in [-0.05, 0) is 44.4 Å². The van der Waals surface area contributed by atoms with Gasteiger partial charge < -0.3 is 10.2 Å². The van der Waals surface area contributed by atoms with Gasteiger partial charge in [0.25, 0.3) is 0 Å². The predicted molar refractivity (Wildman–Crippen MR) is 79.2 cm³/mol. The molecule has 0 aliphatic carbocycles. The largest absolute Gasteiger partial charge is 0.371 e. The third kappa shape index (κ3) is 3.05. The monoisotopic (exact) mass is 246 g/mol. The highest BCUT2D eigenvalue weighted by Crippen LogP contribution is 2.29. The smallest absolute Gasteiger partial charge is 0.0412 e. The molecular formula is C16H26N2. The Labute approximate surface area is 111 Å². The molecule has 2 rings (SSSR count). The Balaban J connectivity index is 2.13. The summed E-state index contributed by atoms with van der Waals surface area (Å²) < 4.78 is 0. The van der Waals surface area contributed by atoms with E-state index >= 15 is 0 Å². The Hall–Kier alpha value is -1.02. The van der Waals surface area contributed by atoms with E-state index < -0.39 is 0 Å². The Bertz CT molecular complexity index is 387. The van der Waals surface area contributed by atoms with Gasteiger partial charge in [0, 0.05) is 25.3 Å². The highest BCUT2D eigenvalue weighted by molar-refractivity contribution is 5.55. The van der Waals surface area contributed by atoms with Gasteiger partial charge in [-0.1, -0.05) is 31.0 Å². The third-order valence-corrected chi connectivity index (χ3v) is 3.93. The molecule has 0 spiro atoms. The number of hydrogen-bond acceptors (Lipinski definition) is 2. The first-order valence-electron chi connectivity index (χ1n) is 7.23. The molecule has 0 bridgehead atoms. The van der Waals surface area contributed by atoms with Crippen molar-refractivity contribution in [2.45, 2.75) is 39.7 Å². The summed E-state index contributed by atoms with van der Waals surface area (Å²) in [6, 6.07) is 6.86. The van der Waals surface area contributed by atoms with Gasteiger partial charge in [-0.25, -0.2) is 0 Å². The average molecular weight is 246 g/mol. The molecular weight excluding hydrogens is 220 g/mol. The van der Waals surface area contributed by atoms with Crippen LogP contribution in [0.5, 0.6) is 0 Å². The van der Waals surface area contributed by atoms with Gasteiger partial charge in [-0.15, -0.1) is 0 Å². The van der Waals surface area contributed by atoms with Crippen molar-refractivity contribution in [3.05, 3.63) is 29.3 Å². The summed E-state index contributed by atoms with van der Waals surface area (Å²) in [6.07, 6.45) is 4.06. The molecule has 100 valence electrons. The fourth-order valence-corrected chi connectivity index (χ4v) is 3.05. The van der Waals surface area contributed by atoms with Crippen LogP contribution in [-0.4, -0.2) is 20.1 Å². The van der Waals surface area contributed by atoms with Gasteiger partial charge >= 0.3 is 0 Å². The van der Waals surface area contributed by atoms with Gasteiger partial charge in [0.2, 0.25) is 0 Å². The van der Waals surface area contributed by atoms with Crippen molar-refractivity contribution in [1.29, 1.82) is 0 Å². The summed E-state index contributed by atoms with van der Waals surface area (Å²) >= 11 is 0. The van der Waals surface area contributed by atoms with Gasteiger partial charge in [0.1, 0.15) is 0 Å². The topological polar surface area (TPSA) is 15.3 Å². The maximum Gasteiger partial charge on any atom is 0.0412 e. The Morgan fingerprint density at radius 2 is 2.22 bits per heavy atom. The molecule has 0 amide bonds. The zero-order chi connectivity index (χ0) is 13.0. The summed E-state index contributed by atoms with van der Waals surface area (Å²) in [7, 11) is 2.02. The van der Waals surface area contributed by atoms with Crippen LogP contribution in [0.2, 0.25) is 0 Å². The van der Waals surface area contributed by atoms with Crippen LogP contribution < -0.4 is 10.2 Å². The van der Waals surface area contributed by atoms with Crippen molar-refractivity contribution >= 4 is 5.69 Å². The lowest BCUT2D eigenvalue weighted by molar-refractivity contribution is 0.529. The van der Waals surface area contributed by atoms with Crippen molar-refractivity contribution in [2.75, 3.05) is 25.0 Å². The van der Waals surface area contributed by atoms with E-state index in [1.807, 2.05) is 7.05 Å². The van der Waals surface area contributed by atoms with Crippen LogP contribution in [0.4, 0.5) is 5.69 Å². The zero-order valence-corrected chi connectivity index (χ0v) is 12.0. The molecule has 1 aromatic carbocycles. The molecule has 1 fully saturated rings. The first-order chi connectivity index (χ1) is 8.74. The molecule has 2 heteroatoms. The summed E-state index contributed by atoms with van der Waals surface area (Å²) in [6.45, 7) is 7.90. The molecule has 0 radical (unpaired) electrons. The fraction of sp³-hybridized carbons (Fsp3) is 0.625. The number of aryl methyl sites for hydroxylation is 1. The summed E-state index contributed by atoms with van der Waals surface area (Å²) in [5, 5.41) is 3.28. The normalized spacial score (nSPS) is 19.5. The molecule has 1 aromatic rings. The van der Waals surface area contributed by atoms with E-state index in [0.717, 1.165) is 12.5 Å². The van der Waals surface area contributed by atoms with Gasteiger partial charge in [-0.3, -0.25) is 0 Å². The Morgan fingerprint density at radius 3 is 2.94 bits per heavy atom. The Kier molecular flexibility index (Phi) is 4.65. The molecule has 1 aliphatic heterocycles. The van der Waals surface area contributed by atoms with Crippen LogP contribution in [-0.2, 0) is 6.54 Å². The number of nitrogens with one attached hydrogen (secondary N) is 1. The highest BCUT2D eigenvalue weighted by atomic mass is 15.2. The van der Waals surface area contributed by atoms with Crippen LogP contribution in [0.25, 0.3) is 0 Å². The molecule has 1 unspecified atom stereocenters. The number of benzene rings is 1. The Morgan fingerprint density at radius 1 is 1.39 bits per heavy atom. The standard InChI is InChI=1S/C16H26N2/c1-4-5-14-8-9-18(12-14)16-7-6-13(2)10-15(16)11-17-3/h6-7,10,14,17H,4-5,8-9,11-12H2,1-3H3. The maximum atomic E-state index is 3.28. The van der Waals surface area contributed by atoms with Crippen LogP contribution in [0.1, 0.15) is 37.3 Å². The summed E-state index contributed by atoms with van der Waals surface area (Å²) in [5.74, 6) is 0.902. The first kappa shape index (κ1) is 13.4. The van der Waals surface area contributed by atoms with E-state index in [2.05, 4.69) is 42.3 Å². The summed E-state index contributed by atoms with van der Waals surface area (Å²) in [4.78, 5) is 2.58. The van der Waals surface area contributed by atoms with Crippen molar-refractivity contribution in [3.63, 3.8) is 0 Å². The van der Waals surface area contributed by atoms with Gasteiger partial charge in [-0.2, -0.15) is 0 Å². The van der Waals surface area contributed by atoms with Crippen LogP contribution in [0.15, 0.2) is 18.2 Å². The molecule has 1 N–H and O–H groups in total. The van der Waals surface area contributed by atoms with E-state index in [-0.39, 0.29) is 0 Å². The minimum atomic E-state index is 0.902. The van der Waals surface area contributed by atoms with Crippen LogP contribution in [0, 0.1) is 12.8 Å². The second-order valence-electron chi connectivity index (χ2n) is 5.55. The second kappa shape index (κ2) is 6.24. The second-order valence-corrected chi connectivity index (χ2v) is 5.55. The quantitative estimate of drug-likeness (QED) is 0.857. The van der Waals surface area contributed by atoms with E-state index in [1.165, 1.54) is 49.2 Å². The zero-order valence-electron chi connectivity index (χ0n) is 12.0.